The van der Waals surface area contributed by atoms with Gasteiger partial charge in [-0.1, -0.05) is 12.1 Å². The number of phenolic OH excluding ortho intramolecular Hbond substituents is 1. The first kappa shape index (κ1) is 9.34. The number of rotatable bonds is 3. The Balaban J connectivity index is 2.42. The summed E-state index contributed by atoms with van der Waals surface area (Å²) in [6.07, 6.45) is 1.94. The van der Waals surface area contributed by atoms with E-state index in [-0.39, 0.29) is 11.3 Å². The first-order chi connectivity index (χ1) is 6.67. The highest BCUT2D eigenvalue weighted by molar-refractivity contribution is 5.50. The second-order valence-corrected chi connectivity index (χ2v) is 3.74. The van der Waals surface area contributed by atoms with Gasteiger partial charge in [-0.2, -0.15) is 0 Å². The lowest BCUT2D eigenvalue weighted by Crippen LogP contribution is -2.19. The van der Waals surface area contributed by atoms with Gasteiger partial charge in [0, 0.05) is 11.1 Å². The molecule has 1 aliphatic rings. The van der Waals surface area contributed by atoms with Crippen LogP contribution in [0.25, 0.3) is 0 Å². The van der Waals surface area contributed by atoms with Crippen LogP contribution < -0.4 is 10.5 Å². The first-order valence-electron chi connectivity index (χ1n) is 4.91. The number of ether oxygens (including phenoxy) is 1. The molecule has 0 amide bonds. The summed E-state index contributed by atoms with van der Waals surface area (Å²) in [6.45, 7) is 2.44. The Hall–Kier alpha value is -1.22. The van der Waals surface area contributed by atoms with E-state index in [1.807, 2.05) is 13.0 Å². The number of phenols is 1. The second-order valence-electron chi connectivity index (χ2n) is 3.74. The maximum Gasteiger partial charge on any atom is 0.165 e. The zero-order valence-corrected chi connectivity index (χ0v) is 8.29. The zero-order chi connectivity index (χ0) is 10.2. The van der Waals surface area contributed by atoms with E-state index in [0.717, 1.165) is 18.4 Å². The Morgan fingerprint density at radius 1 is 1.50 bits per heavy atom. The van der Waals surface area contributed by atoms with Crippen molar-refractivity contribution in [2.24, 2.45) is 5.73 Å². The number of benzene rings is 1. The van der Waals surface area contributed by atoms with Gasteiger partial charge in [0.2, 0.25) is 0 Å². The highest BCUT2D eigenvalue weighted by Crippen LogP contribution is 2.48. The summed E-state index contributed by atoms with van der Waals surface area (Å²) in [7, 11) is 0. The van der Waals surface area contributed by atoms with Crippen LogP contribution >= 0.6 is 0 Å². The Morgan fingerprint density at radius 3 is 2.79 bits per heavy atom. The van der Waals surface area contributed by atoms with Crippen LogP contribution in [0.3, 0.4) is 0 Å². The van der Waals surface area contributed by atoms with E-state index in [1.54, 1.807) is 12.1 Å². The molecule has 1 aromatic carbocycles. The molecule has 0 heterocycles. The molecule has 1 saturated carbocycles. The summed E-state index contributed by atoms with van der Waals surface area (Å²) < 4.78 is 5.40. The van der Waals surface area contributed by atoms with E-state index < -0.39 is 0 Å². The third-order valence-electron chi connectivity index (χ3n) is 2.61. The minimum absolute atomic E-state index is 0.182. The van der Waals surface area contributed by atoms with Crippen molar-refractivity contribution in [1.29, 1.82) is 0 Å². The van der Waals surface area contributed by atoms with Crippen LogP contribution in [0.1, 0.15) is 25.3 Å². The monoisotopic (exact) mass is 193 g/mol. The van der Waals surface area contributed by atoms with Gasteiger partial charge in [-0.05, 0) is 25.8 Å². The van der Waals surface area contributed by atoms with Crippen LogP contribution in [-0.2, 0) is 5.54 Å². The maximum atomic E-state index is 9.63. The van der Waals surface area contributed by atoms with E-state index in [2.05, 4.69) is 0 Å². The third-order valence-corrected chi connectivity index (χ3v) is 2.61. The molecule has 0 radical (unpaired) electrons. The SMILES string of the molecule is CCOc1c(O)cccc1C1(N)CC1. The van der Waals surface area contributed by atoms with E-state index in [0.29, 0.717) is 12.4 Å². The Labute approximate surface area is 83.5 Å². The molecule has 0 saturated heterocycles. The number of hydrogen-bond donors (Lipinski definition) is 2. The predicted molar refractivity (Wildman–Crippen MR) is 54.4 cm³/mol. The van der Waals surface area contributed by atoms with Crippen molar-refractivity contribution in [1.82, 2.24) is 0 Å². The molecule has 1 aliphatic carbocycles. The van der Waals surface area contributed by atoms with Crippen molar-refractivity contribution in [3.63, 3.8) is 0 Å². The van der Waals surface area contributed by atoms with E-state index >= 15 is 0 Å². The number of para-hydroxylation sites is 1. The summed E-state index contributed by atoms with van der Waals surface area (Å²) in [4.78, 5) is 0. The van der Waals surface area contributed by atoms with E-state index in [9.17, 15) is 5.11 Å². The van der Waals surface area contributed by atoms with Crippen molar-refractivity contribution in [3.05, 3.63) is 23.8 Å². The van der Waals surface area contributed by atoms with Gasteiger partial charge in [-0.25, -0.2) is 0 Å². The molecule has 3 N–H and O–H groups in total. The molecule has 0 atom stereocenters. The topological polar surface area (TPSA) is 55.5 Å². The number of hydrogen-bond acceptors (Lipinski definition) is 3. The molecule has 3 nitrogen and oxygen atoms in total. The average Bonchev–Trinajstić information content (AvgIpc) is 2.89. The fourth-order valence-corrected chi connectivity index (χ4v) is 1.62. The lowest BCUT2D eigenvalue weighted by atomic mass is 10.0. The van der Waals surface area contributed by atoms with Gasteiger partial charge in [-0.15, -0.1) is 0 Å². The van der Waals surface area contributed by atoms with Crippen LogP contribution in [0.2, 0.25) is 0 Å². The number of aromatic hydroxyl groups is 1. The molecule has 76 valence electrons. The molecule has 14 heavy (non-hydrogen) atoms. The van der Waals surface area contributed by atoms with Gasteiger partial charge < -0.3 is 15.6 Å². The van der Waals surface area contributed by atoms with Crippen molar-refractivity contribution in [2.75, 3.05) is 6.61 Å². The maximum absolute atomic E-state index is 9.63. The van der Waals surface area contributed by atoms with Crippen LogP contribution in [0.4, 0.5) is 0 Å². The smallest absolute Gasteiger partial charge is 0.165 e. The highest BCUT2D eigenvalue weighted by Gasteiger charge is 2.42. The van der Waals surface area contributed by atoms with Gasteiger partial charge in [0.05, 0.1) is 6.61 Å². The van der Waals surface area contributed by atoms with Gasteiger partial charge in [0.1, 0.15) is 0 Å². The van der Waals surface area contributed by atoms with Crippen molar-refractivity contribution in [3.8, 4) is 11.5 Å². The van der Waals surface area contributed by atoms with E-state index in [4.69, 9.17) is 10.5 Å². The minimum atomic E-state index is -0.261. The summed E-state index contributed by atoms with van der Waals surface area (Å²) in [6, 6.07) is 5.36. The Morgan fingerprint density at radius 2 is 2.21 bits per heavy atom. The van der Waals surface area contributed by atoms with Crippen molar-refractivity contribution >= 4 is 0 Å². The summed E-state index contributed by atoms with van der Waals surface area (Å²) >= 11 is 0. The molecule has 0 aliphatic heterocycles. The van der Waals surface area contributed by atoms with Crippen LogP contribution in [-0.4, -0.2) is 11.7 Å². The molecule has 1 fully saturated rings. The van der Waals surface area contributed by atoms with Gasteiger partial charge in [0.15, 0.2) is 11.5 Å². The van der Waals surface area contributed by atoms with Crippen molar-refractivity contribution in [2.45, 2.75) is 25.3 Å². The molecule has 1 aromatic rings. The average molecular weight is 193 g/mol. The summed E-state index contributed by atoms with van der Waals surface area (Å²) in [5, 5.41) is 9.63. The third kappa shape index (κ3) is 1.44. The predicted octanol–water partition coefficient (Wildman–Crippen LogP) is 1.74. The van der Waals surface area contributed by atoms with Gasteiger partial charge in [-0.3, -0.25) is 0 Å². The van der Waals surface area contributed by atoms with Gasteiger partial charge >= 0.3 is 0 Å². The Bertz CT molecular complexity index is 345. The molecule has 3 heteroatoms. The fraction of sp³-hybridized carbons (Fsp3) is 0.455. The highest BCUT2D eigenvalue weighted by atomic mass is 16.5. The van der Waals surface area contributed by atoms with Crippen LogP contribution in [0.15, 0.2) is 18.2 Å². The largest absolute Gasteiger partial charge is 0.504 e. The van der Waals surface area contributed by atoms with Crippen LogP contribution in [0.5, 0.6) is 11.5 Å². The summed E-state index contributed by atoms with van der Waals surface area (Å²) in [5.74, 6) is 0.732. The Kier molecular flexibility index (Phi) is 2.11. The van der Waals surface area contributed by atoms with E-state index in [1.165, 1.54) is 0 Å². The lowest BCUT2D eigenvalue weighted by Gasteiger charge is -2.16. The molecular formula is C11H15NO2. The van der Waals surface area contributed by atoms with Crippen LogP contribution in [0, 0.1) is 0 Å². The van der Waals surface area contributed by atoms with Gasteiger partial charge in [0.25, 0.3) is 0 Å². The summed E-state index contributed by atoms with van der Waals surface area (Å²) in [5.41, 5.74) is 6.75. The zero-order valence-electron chi connectivity index (χ0n) is 8.29. The normalized spacial score (nSPS) is 17.9. The molecule has 0 unspecified atom stereocenters. The standard InChI is InChI=1S/C11H15NO2/c1-2-14-10-8(11(12)6-7-11)4-3-5-9(10)13/h3-5,13H,2,6-7,12H2,1H3. The second kappa shape index (κ2) is 3.17. The molecule has 0 bridgehead atoms. The lowest BCUT2D eigenvalue weighted by molar-refractivity contribution is 0.311. The first-order valence-corrected chi connectivity index (χ1v) is 4.91. The molecule has 0 spiro atoms. The minimum Gasteiger partial charge on any atom is -0.504 e. The molecular weight excluding hydrogens is 178 g/mol. The fourth-order valence-electron chi connectivity index (χ4n) is 1.62. The number of nitrogens with two attached hydrogens (primary N) is 1. The molecule has 0 aromatic heterocycles. The quantitative estimate of drug-likeness (QED) is 0.768. The molecule has 2 rings (SSSR count). The van der Waals surface area contributed by atoms with Crippen molar-refractivity contribution < 1.29 is 9.84 Å².